The Morgan fingerprint density at radius 1 is 0.372 bits per heavy atom. The molecule has 0 bridgehead atoms. The Kier molecular flexibility index (Phi) is 18.3. The van der Waals surface area contributed by atoms with E-state index in [2.05, 4.69) is 0 Å². The third-order valence-electron chi connectivity index (χ3n) is 15.4. The summed E-state index contributed by atoms with van der Waals surface area (Å²) in [5.74, 6) is 0.363. The minimum Gasteiger partial charge on any atom is -0.497 e. The molecule has 3 heterocycles. The zero-order valence-electron chi connectivity index (χ0n) is 50.7. The number of fused-ring (bicyclic) bond motifs is 3. The van der Waals surface area contributed by atoms with E-state index < -0.39 is 66.4 Å². The molecule has 9 rings (SSSR count). The summed E-state index contributed by atoms with van der Waals surface area (Å²) in [7, 11) is 19.4. The van der Waals surface area contributed by atoms with Crippen molar-refractivity contribution in [3.63, 3.8) is 0 Å². The van der Waals surface area contributed by atoms with Crippen molar-refractivity contribution in [1.82, 2.24) is 0 Å². The number of carbonyl (C=O) groups is 3. The van der Waals surface area contributed by atoms with Crippen LogP contribution < -0.4 is 75.8 Å². The first-order valence-electron chi connectivity index (χ1n) is 27.1. The summed E-state index contributed by atoms with van der Waals surface area (Å²) >= 11 is 0. The number of ether oxygens (including phenoxy) is 19. The van der Waals surface area contributed by atoms with Crippen molar-refractivity contribution in [2.24, 2.45) is 0 Å². The van der Waals surface area contributed by atoms with Gasteiger partial charge in [-0.1, -0.05) is 12.1 Å². The third-order valence-corrected chi connectivity index (χ3v) is 15.4. The molecular formula is C64H70O22. The molecule has 0 saturated heterocycles. The molecule has 458 valence electrons. The van der Waals surface area contributed by atoms with Crippen LogP contribution in [-0.2, 0) is 35.0 Å². The molecular weight excluding hydrogens is 1120 g/mol. The predicted octanol–water partition coefficient (Wildman–Crippen LogP) is 9.80. The van der Waals surface area contributed by atoms with E-state index in [9.17, 15) is 14.4 Å². The summed E-state index contributed by atoms with van der Waals surface area (Å²) in [6, 6.07) is 20.8. The summed E-state index contributed by atoms with van der Waals surface area (Å²) in [5, 5.41) is 0. The number of rotatable bonds is 21. The highest BCUT2D eigenvalue weighted by atomic mass is 16.6. The summed E-state index contributed by atoms with van der Waals surface area (Å²) in [5.41, 5.74) is 3.28. The topological polar surface area (TPSA) is 227 Å². The van der Waals surface area contributed by atoms with Crippen molar-refractivity contribution >= 4 is 17.9 Å². The van der Waals surface area contributed by atoms with Gasteiger partial charge < -0.3 is 90.0 Å². The Balaban J connectivity index is 1.47. The highest BCUT2D eigenvalue weighted by molar-refractivity contribution is 5.74. The SMILES string of the molecule is COc1ccc2c(c1)O[C@H](c1cc(OC)c(OC)c(OC)c1)[C@@H](OC(C)=O)[C@H]2c1c(OC)c2c(c([C@@H]3c4ccc(OC)cc4O[C@H](c4cc(OC)c(OC)c(OC)c4)[C@H]3OC(C)=O)c1OC)O[C@H](c1cc(OC)c(OC)c(OC)c1)[C@@H](OC(C)=O)C2. The lowest BCUT2D eigenvalue weighted by Gasteiger charge is -2.44. The second kappa shape index (κ2) is 25.8. The average Bonchev–Trinajstić information content (AvgIpc) is 0.726. The number of hydrogen-bond donors (Lipinski definition) is 0. The van der Waals surface area contributed by atoms with Crippen molar-refractivity contribution in [2.45, 2.75) is 75.7 Å². The molecule has 8 atom stereocenters. The van der Waals surface area contributed by atoms with Crippen LogP contribution in [0.5, 0.6) is 92.0 Å². The fourth-order valence-corrected chi connectivity index (χ4v) is 11.9. The highest BCUT2D eigenvalue weighted by Gasteiger charge is 2.53. The minimum absolute atomic E-state index is 0.0934. The lowest BCUT2D eigenvalue weighted by molar-refractivity contribution is -0.154. The lowest BCUT2D eigenvalue weighted by Crippen LogP contribution is -2.41. The maximum absolute atomic E-state index is 14.0. The maximum atomic E-state index is 14.0. The van der Waals surface area contributed by atoms with E-state index in [0.29, 0.717) is 84.8 Å². The van der Waals surface area contributed by atoms with Gasteiger partial charge in [-0.15, -0.1) is 0 Å². The average molecular weight is 1190 g/mol. The smallest absolute Gasteiger partial charge is 0.303 e. The summed E-state index contributed by atoms with van der Waals surface area (Å²) < 4.78 is 119. The van der Waals surface area contributed by atoms with Gasteiger partial charge >= 0.3 is 17.9 Å². The quantitative estimate of drug-likeness (QED) is 0.0482. The van der Waals surface area contributed by atoms with Crippen LogP contribution in [0.25, 0.3) is 0 Å². The molecule has 0 amide bonds. The van der Waals surface area contributed by atoms with Gasteiger partial charge in [0, 0.05) is 83.8 Å². The number of methoxy groups -OCH3 is 13. The standard InChI is InChI=1S/C64H70O22/c1-30(65)81-49-29-40-57(76-12)52(50-38-19-17-36(68-4)27-41(38)84-55(63(50)82-31(2)66)34-23-45(72-8)60(78-14)46(24-34)73-9)62(80-16)53(58(40)86-54(49)33-21-43(70-6)59(77-13)44(22-33)71-7)51-39-20-18-37(69-5)28-42(39)85-56(64(51)83-32(3)67)35-25-47(74-10)61(79-15)48(26-35)75-11/h17-28,49-51,54-56,63-64H,29H2,1-16H3/t49-,50+,51-,54+,55+,56+,63-,64-/m0/s1. The molecule has 0 fully saturated rings. The molecule has 0 N–H and O–H groups in total. The zero-order chi connectivity index (χ0) is 61.8. The first kappa shape index (κ1) is 61.1. The Morgan fingerprint density at radius 2 is 0.721 bits per heavy atom. The van der Waals surface area contributed by atoms with Crippen LogP contribution in [0.3, 0.4) is 0 Å². The van der Waals surface area contributed by atoms with E-state index in [1.807, 2.05) is 0 Å². The van der Waals surface area contributed by atoms with E-state index in [4.69, 9.17) is 90.0 Å². The lowest BCUT2D eigenvalue weighted by atomic mass is 9.73. The molecule has 0 aromatic heterocycles. The van der Waals surface area contributed by atoms with Gasteiger partial charge in [0.25, 0.3) is 0 Å². The van der Waals surface area contributed by atoms with E-state index in [0.717, 1.165) is 0 Å². The monoisotopic (exact) mass is 1190 g/mol. The van der Waals surface area contributed by atoms with Gasteiger partial charge in [-0.3, -0.25) is 14.4 Å². The summed E-state index contributed by atoms with van der Waals surface area (Å²) in [4.78, 5) is 41.5. The largest absolute Gasteiger partial charge is 0.497 e. The minimum atomic E-state index is -1.31. The number of carbonyl (C=O) groups excluding carboxylic acids is 3. The first-order chi connectivity index (χ1) is 41.5. The molecule has 0 saturated carbocycles. The molecule has 86 heavy (non-hydrogen) atoms. The first-order valence-corrected chi connectivity index (χ1v) is 27.1. The fourth-order valence-electron chi connectivity index (χ4n) is 11.9. The molecule has 0 aliphatic carbocycles. The number of hydrogen-bond acceptors (Lipinski definition) is 22. The zero-order valence-corrected chi connectivity index (χ0v) is 50.7. The van der Waals surface area contributed by atoms with E-state index in [1.165, 1.54) is 113 Å². The van der Waals surface area contributed by atoms with Gasteiger partial charge in [-0.2, -0.15) is 0 Å². The van der Waals surface area contributed by atoms with Gasteiger partial charge in [0.1, 0.15) is 46.4 Å². The van der Waals surface area contributed by atoms with Gasteiger partial charge in [-0.05, 0) is 48.5 Å². The van der Waals surface area contributed by atoms with Crippen molar-refractivity contribution in [3.8, 4) is 92.0 Å². The van der Waals surface area contributed by atoms with Crippen LogP contribution in [0, 0.1) is 0 Å². The molecule has 22 nitrogen and oxygen atoms in total. The number of esters is 3. The second-order valence-corrected chi connectivity index (χ2v) is 20.0. The Morgan fingerprint density at radius 3 is 1.05 bits per heavy atom. The Hall–Kier alpha value is -9.47. The van der Waals surface area contributed by atoms with E-state index in [-0.39, 0.29) is 58.2 Å². The van der Waals surface area contributed by atoms with Crippen LogP contribution in [0.1, 0.15) is 95.4 Å². The molecule has 0 spiro atoms. The molecule has 0 unspecified atom stereocenters. The van der Waals surface area contributed by atoms with Crippen molar-refractivity contribution in [1.29, 1.82) is 0 Å². The van der Waals surface area contributed by atoms with E-state index >= 15 is 0 Å². The predicted molar refractivity (Wildman–Crippen MR) is 308 cm³/mol. The van der Waals surface area contributed by atoms with Gasteiger partial charge in [0.15, 0.2) is 65.0 Å². The Labute approximate surface area is 498 Å². The van der Waals surface area contributed by atoms with Crippen molar-refractivity contribution < 1.29 is 104 Å². The molecule has 22 heteroatoms. The number of benzene rings is 6. The van der Waals surface area contributed by atoms with Crippen LogP contribution in [0.4, 0.5) is 0 Å². The van der Waals surface area contributed by atoms with Gasteiger partial charge in [0.05, 0.1) is 104 Å². The summed E-state index contributed by atoms with van der Waals surface area (Å²) in [6.07, 6.45) is -7.27. The molecule has 0 radical (unpaired) electrons. The van der Waals surface area contributed by atoms with Crippen molar-refractivity contribution in [2.75, 3.05) is 92.4 Å². The van der Waals surface area contributed by atoms with Gasteiger partial charge in [-0.25, -0.2) is 0 Å². The van der Waals surface area contributed by atoms with Crippen LogP contribution in [-0.4, -0.2) is 129 Å². The second-order valence-electron chi connectivity index (χ2n) is 20.0. The summed E-state index contributed by atoms with van der Waals surface area (Å²) in [6.45, 7) is 3.88. The molecule has 6 aromatic rings. The molecule has 3 aliphatic rings. The van der Waals surface area contributed by atoms with Crippen LogP contribution in [0.2, 0.25) is 0 Å². The van der Waals surface area contributed by atoms with Crippen LogP contribution in [0.15, 0.2) is 72.8 Å². The van der Waals surface area contributed by atoms with Crippen LogP contribution >= 0.6 is 0 Å². The normalized spacial score (nSPS) is 19.8. The van der Waals surface area contributed by atoms with Gasteiger partial charge in [0.2, 0.25) is 17.2 Å². The van der Waals surface area contributed by atoms with E-state index in [1.54, 1.807) is 72.8 Å². The third kappa shape index (κ3) is 11.1. The fraction of sp³-hybridized carbons (Fsp3) is 0.391. The molecule has 3 aliphatic heterocycles. The molecule has 6 aromatic carbocycles. The highest BCUT2D eigenvalue weighted by Crippen LogP contribution is 2.63. The van der Waals surface area contributed by atoms with Crippen molar-refractivity contribution in [3.05, 3.63) is 117 Å². The Bertz CT molecular complexity index is 3450. The maximum Gasteiger partial charge on any atom is 0.303 e.